The number of benzene rings is 2. The van der Waals surface area contributed by atoms with Crippen LogP contribution in [0.3, 0.4) is 0 Å². The molecule has 0 unspecified atom stereocenters. The Balaban J connectivity index is 1.54. The van der Waals surface area contributed by atoms with Crippen molar-refractivity contribution in [1.29, 1.82) is 0 Å². The van der Waals surface area contributed by atoms with Gasteiger partial charge in [0.1, 0.15) is 5.76 Å². The number of amides is 1. The Bertz CT molecular complexity index is 859. The molecule has 0 aliphatic rings. The van der Waals surface area contributed by atoms with Crippen LogP contribution < -0.4 is 5.32 Å². The molecule has 0 aliphatic carbocycles. The van der Waals surface area contributed by atoms with Gasteiger partial charge in [0, 0.05) is 17.0 Å². The summed E-state index contributed by atoms with van der Waals surface area (Å²) in [6, 6.07) is 17.6. The van der Waals surface area contributed by atoms with Crippen LogP contribution in [0.2, 0.25) is 0 Å². The van der Waals surface area contributed by atoms with E-state index in [9.17, 15) is 4.79 Å². The minimum Gasteiger partial charge on any atom is -0.441 e. The fraction of sp³-hybridized carbons (Fsp3) is 0.200. The normalized spacial score (nSPS) is 10.6. The number of rotatable bonds is 6. The molecule has 0 saturated heterocycles. The molecule has 0 atom stereocenters. The van der Waals surface area contributed by atoms with Gasteiger partial charge in [-0.25, -0.2) is 4.98 Å². The molecule has 0 fully saturated rings. The third kappa shape index (κ3) is 4.73. The average molecular weight is 352 g/mol. The van der Waals surface area contributed by atoms with Crippen LogP contribution >= 0.6 is 11.8 Å². The summed E-state index contributed by atoms with van der Waals surface area (Å²) in [5.41, 5.74) is 3.79. The van der Waals surface area contributed by atoms with Crippen LogP contribution in [0, 0.1) is 13.8 Å². The Hall–Kier alpha value is -2.53. The van der Waals surface area contributed by atoms with Gasteiger partial charge in [0.05, 0.1) is 11.4 Å². The second-order valence-electron chi connectivity index (χ2n) is 5.80. The lowest BCUT2D eigenvalue weighted by atomic mass is 10.2. The van der Waals surface area contributed by atoms with E-state index in [1.54, 1.807) is 0 Å². The summed E-state index contributed by atoms with van der Waals surface area (Å²) in [5.74, 6) is 2.42. The zero-order valence-corrected chi connectivity index (χ0v) is 15.1. The third-order valence-corrected chi connectivity index (χ3v) is 4.63. The summed E-state index contributed by atoms with van der Waals surface area (Å²) in [6.07, 6.45) is 0. The first-order valence-corrected chi connectivity index (χ1v) is 9.23. The van der Waals surface area contributed by atoms with Crippen molar-refractivity contribution >= 4 is 23.4 Å². The molecule has 25 heavy (non-hydrogen) atoms. The van der Waals surface area contributed by atoms with E-state index < -0.39 is 0 Å². The number of aromatic nitrogens is 1. The highest BCUT2D eigenvalue weighted by atomic mass is 32.2. The summed E-state index contributed by atoms with van der Waals surface area (Å²) < 4.78 is 5.74. The van der Waals surface area contributed by atoms with Gasteiger partial charge in [-0.15, -0.1) is 11.8 Å². The van der Waals surface area contributed by atoms with Gasteiger partial charge in [-0.05, 0) is 43.7 Å². The lowest BCUT2D eigenvalue weighted by Crippen LogP contribution is -2.14. The monoisotopic (exact) mass is 352 g/mol. The molecular formula is C20H20N2O2S. The Morgan fingerprint density at radius 3 is 2.68 bits per heavy atom. The van der Waals surface area contributed by atoms with Crippen LogP contribution in [-0.4, -0.2) is 16.6 Å². The molecular weight excluding hydrogens is 332 g/mol. The van der Waals surface area contributed by atoms with E-state index in [1.165, 1.54) is 11.8 Å². The molecule has 4 nitrogen and oxygen atoms in total. The maximum Gasteiger partial charge on any atom is 0.234 e. The molecule has 3 aromatic rings. The maximum atomic E-state index is 12.0. The Morgan fingerprint density at radius 1 is 1.12 bits per heavy atom. The van der Waals surface area contributed by atoms with E-state index in [-0.39, 0.29) is 5.91 Å². The van der Waals surface area contributed by atoms with E-state index in [1.807, 2.05) is 68.4 Å². The highest BCUT2D eigenvalue weighted by Crippen LogP contribution is 2.24. The minimum atomic E-state index is -0.0139. The Labute approximate surface area is 151 Å². The standard InChI is InChI=1S/C20H20N2O2S/c1-14-7-6-10-17(11-14)21-19(23)13-25-12-18-15(2)24-20(22-18)16-8-4-3-5-9-16/h3-11H,12-13H2,1-2H3,(H,21,23). The van der Waals surface area contributed by atoms with Gasteiger partial charge >= 0.3 is 0 Å². The van der Waals surface area contributed by atoms with Gasteiger partial charge in [-0.3, -0.25) is 4.79 Å². The Morgan fingerprint density at radius 2 is 1.92 bits per heavy atom. The largest absolute Gasteiger partial charge is 0.441 e. The van der Waals surface area contributed by atoms with Gasteiger partial charge in [-0.2, -0.15) is 0 Å². The molecule has 2 aromatic carbocycles. The number of hydrogen-bond acceptors (Lipinski definition) is 4. The van der Waals surface area contributed by atoms with Crippen molar-refractivity contribution in [1.82, 2.24) is 4.98 Å². The quantitative estimate of drug-likeness (QED) is 0.690. The lowest BCUT2D eigenvalue weighted by Gasteiger charge is -2.05. The molecule has 0 aliphatic heterocycles. The molecule has 0 bridgehead atoms. The zero-order valence-electron chi connectivity index (χ0n) is 14.3. The molecule has 5 heteroatoms. The average Bonchev–Trinajstić information content (AvgIpc) is 2.97. The number of carbonyl (C=O) groups excluding carboxylic acids is 1. The fourth-order valence-corrected chi connectivity index (χ4v) is 3.25. The van der Waals surface area contributed by atoms with Crippen molar-refractivity contribution in [2.75, 3.05) is 11.1 Å². The molecule has 0 saturated carbocycles. The maximum absolute atomic E-state index is 12.0. The van der Waals surface area contributed by atoms with Crippen LogP contribution in [0.4, 0.5) is 5.69 Å². The van der Waals surface area contributed by atoms with Gasteiger partial charge in [0.25, 0.3) is 0 Å². The number of thioether (sulfide) groups is 1. The molecule has 0 spiro atoms. The lowest BCUT2D eigenvalue weighted by molar-refractivity contribution is -0.113. The molecule has 3 rings (SSSR count). The minimum absolute atomic E-state index is 0.0139. The van der Waals surface area contributed by atoms with E-state index in [2.05, 4.69) is 10.3 Å². The van der Waals surface area contributed by atoms with Crippen molar-refractivity contribution in [2.24, 2.45) is 0 Å². The number of carbonyl (C=O) groups is 1. The van der Waals surface area contributed by atoms with Gasteiger partial charge in [0.2, 0.25) is 11.8 Å². The molecule has 0 radical (unpaired) electrons. The SMILES string of the molecule is Cc1cccc(NC(=O)CSCc2nc(-c3ccccc3)oc2C)c1. The predicted octanol–water partition coefficient (Wildman–Crippen LogP) is 4.83. The van der Waals surface area contributed by atoms with Crippen molar-refractivity contribution in [3.63, 3.8) is 0 Å². The number of aryl methyl sites for hydroxylation is 2. The summed E-state index contributed by atoms with van der Waals surface area (Å²) in [5, 5.41) is 2.91. The number of anilines is 1. The molecule has 1 heterocycles. The zero-order chi connectivity index (χ0) is 17.6. The van der Waals surface area contributed by atoms with Crippen LogP contribution in [0.1, 0.15) is 17.0 Å². The van der Waals surface area contributed by atoms with E-state index in [4.69, 9.17) is 4.42 Å². The van der Waals surface area contributed by atoms with E-state index in [0.717, 1.165) is 28.3 Å². The Kier molecular flexibility index (Phi) is 5.56. The van der Waals surface area contributed by atoms with Crippen LogP contribution in [0.5, 0.6) is 0 Å². The summed E-state index contributed by atoms with van der Waals surface area (Å²) >= 11 is 1.53. The number of oxazole rings is 1. The molecule has 1 aromatic heterocycles. The molecule has 1 N–H and O–H groups in total. The van der Waals surface area contributed by atoms with Crippen molar-refractivity contribution in [3.8, 4) is 11.5 Å². The second kappa shape index (κ2) is 8.03. The highest BCUT2D eigenvalue weighted by Gasteiger charge is 2.12. The van der Waals surface area contributed by atoms with Crippen LogP contribution in [0.15, 0.2) is 59.0 Å². The van der Waals surface area contributed by atoms with Crippen molar-refractivity contribution in [3.05, 3.63) is 71.6 Å². The highest BCUT2D eigenvalue weighted by molar-refractivity contribution is 7.99. The summed E-state index contributed by atoms with van der Waals surface area (Å²) in [7, 11) is 0. The second-order valence-corrected chi connectivity index (χ2v) is 6.78. The van der Waals surface area contributed by atoms with E-state index >= 15 is 0 Å². The first-order chi connectivity index (χ1) is 12.1. The third-order valence-electron chi connectivity index (χ3n) is 3.69. The topological polar surface area (TPSA) is 55.1 Å². The summed E-state index contributed by atoms with van der Waals surface area (Å²) in [6.45, 7) is 3.91. The first-order valence-electron chi connectivity index (χ1n) is 8.08. The van der Waals surface area contributed by atoms with Crippen LogP contribution in [-0.2, 0) is 10.5 Å². The molecule has 128 valence electrons. The predicted molar refractivity (Wildman–Crippen MR) is 103 cm³/mol. The molecule has 1 amide bonds. The van der Waals surface area contributed by atoms with Gasteiger partial charge < -0.3 is 9.73 Å². The smallest absolute Gasteiger partial charge is 0.234 e. The van der Waals surface area contributed by atoms with Crippen LogP contribution in [0.25, 0.3) is 11.5 Å². The number of nitrogens with zero attached hydrogens (tertiary/aromatic N) is 1. The van der Waals surface area contributed by atoms with Crippen molar-refractivity contribution < 1.29 is 9.21 Å². The van der Waals surface area contributed by atoms with Crippen molar-refractivity contribution in [2.45, 2.75) is 19.6 Å². The fourth-order valence-electron chi connectivity index (χ4n) is 2.43. The number of hydrogen-bond donors (Lipinski definition) is 1. The summed E-state index contributed by atoms with van der Waals surface area (Å²) in [4.78, 5) is 16.6. The number of nitrogens with one attached hydrogen (secondary N) is 1. The van der Waals surface area contributed by atoms with Gasteiger partial charge in [0.15, 0.2) is 0 Å². The van der Waals surface area contributed by atoms with Gasteiger partial charge in [-0.1, -0.05) is 30.3 Å². The first kappa shape index (κ1) is 17.3. The van der Waals surface area contributed by atoms with E-state index in [0.29, 0.717) is 17.4 Å².